The third-order valence-corrected chi connectivity index (χ3v) is 2.80. The van der Waals surface area contributed by atoms with Gasteiger partial charge in [-0.25, -0.2) is 9.97 Å². The first-order valence-electron chi connectivity index (χ1n) is 6.57. The Kier molecular flexibility index (Phi) is 5.42. The van der Waals surface area contributed by atoms with E-state index in [9.17, 15) is 4.79 Å². The summed E-state index contributed by atoms with van der Waals surface area (Å²) in [5.41, 5.74) is 1.58. The van der Waals surface area contributed by atoms with Crippen molar-refractivity contribution in [3.63, 3.8) is 0 Å². The first-order chi connectivity index (χ1) is 10.8. The van der Waals surface area contributed by atoms with Crippen molar-refractivity contribution in [2.75, 3.05) is 14.2 Å². The molecule has 0 aliphatic heterocycles. The Labute approximate surface area is 128 Å². The number of rotatable bonds is 6. The second-order valence-electron chi connectivity index (χ2n) is 4.18. The highest BCUT2D eigenvalue weighted by Gasteiger charge is 2.17. The van der Waals surface area contributed by atoms with Crippen molar-refractivity contribution < 1.29 is 14.4 Å². The molecule has 7 heteroatoms. The minimum atomic E-state index is -0.342. The molecule has 1 amide bonds. The molecule has 0 aliphatic carbocycles. The first kappa shape index (κ1) is 15.4. The van der Waals surface area contributed by atoms with Crippen LogP contribution in [0, 0.1) is 0 Å². The number of nitrogens with zero attached hydrogens (tertiary/aromatic N) is 3. The molecule has 0 unspecified atom stereocenters. The van der Waals surface area contributed by atoms with Crippen molar-refractivity contribution in [1.29, 1.82) is 0 Å². The molecule has 2 rings (SSSR count). The highest BCUT2D eigenvalue weighted by molar-refractivity contribution is 6.45. The van der Waals surface area contributed by atoms with E-state index < -0.39 is 0 Å². The second-order valence-corrected chi connectivity index (χ2v) is 4.18. The van der Waals surface area contributed by atoms with Crippen LogP contribution in [0.2, 0.25) is 0 Å². The zero-order valence-electron chi connectivity index (χ0n) is 12.3. The lowest BCUT2D eigenvalue weighted by molar-refractivity contribution is -0.114. The Morgan fingerprint density at radius 2 is 1.95 bits per heavy atom. The zero-order chi connectivity index (χ0) is 15.8. The Morgan fingerprint density at radius 3 is 2.64 bits per heavy atom. The summed E-state index contributed by atoms with van der Waals surface area (Å²) < 4.78 is 5.52. The maximum absolute atomic E-state index is 11.9. The number of likely N-dealkylation sites (N-methyl/N-ethyl adjacent to an activating group) is 1. The molecule has 0 fully saturated rings. The van der Waals surface area contributed by atoms with Gasteiger partial charge in [-0.15, -0.1) is 0 Å². The van der Waals surface area contributed by atoms with Gasteiger partial charge in [-0.05, 0) is 11.6 Å². The predicted octanol–water partition coefficient (Wildman–Crippen LogP) is 1.15. The van der Waals surface area contributed by atoms with Gasteiger partial charge in [0.1, 0.15) is 13.7 Å². The van der Waals surface area contributed by atoms with Gasteiger partial charge >= 0.3 is 6.01 Å². The molecular formula is C15H16N4O3. The van der Waals surface area contributed by atoms with E-state index >= 15 is 0 Å². The minimum absolute atomic E-state index is 0.179. The summed E-state index contributed by atoms with van der Waals surface area (Å²) in [6.07, 6.45) is 3.19. The number of carbonyl (C=O) groups excluding carboxylic acids is 1. The molecule has 1 aromatic carbocycles. The summed E-state index contributed by atoms with van der Waals surface area (Å²) in [7, 11) is 2.92. The van der Waals surface area contributed by atoms with E-state index in [0.29, 0.717) is 5.56 Å². The molecule has 0 saturated carbocycles. The largest absolute Gasteiger partial charge is 0.459 e. The van der Waals surface area contributed by atoms with Crippen molar-refractivity contribution in [2.45, 2.75) is 6.61 Å². The lowest BCUT2D eigenvalue weighted by Crippen LogP contribution is -2.29. The topological polar surface area (TPSA) is 85.7 Å². The van der Waals surface area contributed by atoms with Crippen LogP contribution in [0.3, 0.4) is 0 Å². The highest BCUT2D eigenvalue weighted by atomic mass is 16.6. The monoisotopic (exact) mass is 300 g/mol. The lowest BCUT2D eigenvalue weighted by Gasteiger charge is -2.11. The highest BCUT2D eigenvalue weighted by Crippen LogP contribution is 2.13. The van der Waals surface area contributed by atoms with Crippen molar-refractivity contribution >= 4 is 11.6 Å². The Morgan fingerprint density at radius 1 is 1.23 bits per heavy atom. The molecule has 0 bridgehead atoms. The van der Waals surface area contributed by atoms with Crippen LogP contribution in [0.5, 0.6) is 6.01 Å². The number of amides is 1. The van der Waals surface area contributed by atoms with E-state index in [1.54, 1.807) is 24.5 Å². The number of hydrogen-bond acceptors (Lipinski definition) is 6. The van der Waals surface area contributed by atoms with E-state index in [4.69, 9.17) is 9.57 Å². The van der Waals surface area contributed by atoms with Crippen LogP contribution in [-0.2, 0) is 16.2 Å². The van der Waals surface area contributed by atoms with Gasteiger partial charge < -0.3 is 14.9 Å². The molecule has 1 aromatic heterocycles. The third-order valence-electron chi connectivity index (χ3n) is 2.80. The van der Waals surface area contributed by atoms with Gasteiger partial charge in [0.05, 0.1) is 0 Å². The summed E-state index contributed by atoms with van der Waals surface area (Å²) in [4.78, 5) is 24.7. The van der Waals surface area contributed by atoms with E-state index in [-0.39, 0.29) is 24.2 Å². The standard InChI is InChI=1S/C15H16N4O3/c1-16-14(20)13(19-21-2)12-7-4-3-6-11(12)10-22-15-17-8-5-9-18-15/h3-9H,10H2,1-2H3,(H,16,20)/b19-13+. The molecule has 0 radical (unpaired) electrons. The van der Waals surface area contributed by atoms with Crippen LogP contribution in [0.25, 0.3) is 0 Å². The van der Waals surface area contributed by atoms with Crippen LogP contribution in [-0.4, -0.2) is 35.7 Å². The number of carbonyl (C=O) groups is 1. The number of aromatic nitrogens is 2. The van der Waals surface area contributed by atoms with E-state index in [1.807, 2.05) is 18.2 Å². The molecule has 114 valence electrons. The molecule has 0 aliphatic rings. The van der Waals surface area contributed by atoms with Gasteiger partial charge in [0.2, 0.25) is 0 Å². The van der Waals surface area contributed by atoms with Crippen LogP contribution in [0.15, 0.2) is 47.9 Å². The van der Waals surface area contributed by atoms with Crippen LogP contribution in [0.1, 0.15) is 11.1 Å². The molecule has 22 heavy (non-hydrogen) atoms. The van der Waals surface area contributed by atoms with Crippen LogP contribution >= 0.6 is 0 Å². The average Bonchev–Trinajstić information content (AvgIpc) is 2.58. The lowest BCUT2D eigenvalue weighted by atomic mass is 10.0. The quantitative estimate of drug-likeness (QED) is 0.639. The average molecular weight is 300 g/mol. The smallest absolute Gasteiger partial charge is 0.316 e. The fourth-order valence-corrected chi connectivity index (χ4v) is 1.80. The molecule has 2 aromatic rings. The van der Waals surface area contributed by atoms with Gasteiger partial charge in [0, 0.05) is 25.0 Å². The molecule has 1 N–H and O–H groups in total. The minimum Gasteiger partial charge on any atom is -0.459 e. The van der Waals surface area contributed by atoms with E-state index in [2.05, 4.69) is 20.4 Å². The number of nitrogens with one attached hydrogen (secondary N) is 1. The summed E-state index contributed by atoms with van der Waals surface area (Å²) in [5, 5.41) is 6.33. The fraction of sp³-hybridized carbons (Fsp3) is 0.200. The Hall–Kier alpha value is -2.96. The van der Waals surface area contributed by atoms with Gasteiger partial charge in [-0.2, -0.15) is 0 Å². The van der Waals surface area contributed by atoms with Gasteiger partial charge in [-0.3, -0.25) is 4.79 Å². The fourth-order valence-electron chi connectivity index (χ4n) is 1.80. The molecule has 1 heterocycles. The summed E-state index contributed by atoms with van der Waals surface area (Å²) in [6, 6.07) is 9.25. The molecule has 0 saturated heterocycles. The van der Waals surface area contributed by atoms with Gasteiger partial charge in [0.25, 0.3) is 5.91 Å². The number of hydrogen-bond donors (Lipinski definition) is 1. The van der Waals surface area contributed by atoms with Gasteiger partial charge in [-0.1, -0.05) is 29.4 Å². The summed E-state index contributed by atoms with van der Waals surface area (Å²) in [5.74, 6) is -0.342. The van der Waals surface area contributed by atoms with Crippen molar-refractivity contribution in [3.8, 4) is 6.01 Å². The van der Waals surface area contributed by atoms with Gasteiger partial charge in [0.15, 0.2) is 5.71 Å². The molecule has 0 atom stereocenters. The summed E-state index contributed by atoms with van der Waals surface area (Å²) >= 11 is 0. The molecule has 0 spiro atoms. The van der Waals surface area contributed by atoms with Crippen LogP contribution < -0.4 is 10.1 Å². The first-order valence-corrected chi connectivity index (χ1v) is 6.57. The second kappa shape index (κ2) is 7.72. The normalized spacial score (nSPS) is 10.9. The third kappa shape index (κ3) is 3.78. The molecular weight excluding hydrogens is 284 g/mol. The van der Waals surface area contributed by atoms with Crippen molar-refractivity contribution in [2.24, 2.45) is 5.16 Å². The zero-order valence-corrected chi connectivity index (χ0v) is 12.3. The number of ether oxygens (including phenoxy) is 1. The number of oxime groups is 1. The van der Waals surface area contributed by atoms with E-state index in [1.165, 1.54) is 14.2 Å². The maximum Gasteiger partial charge on any atom is 0.316 e. The summed E-state index contributed by atoms with van der Waals surface area (Å²) in [6.45, 7) is 0.208. The van der Waals surface area contributed by atoms with Crippen molar-refractivity contribution in [3.05, 3.63) is 53.9 Å². The SMILES string of the molecule is CNC(=O)/C(=N/OC)c1ccccc1COc1ncccn1. The van der Waals surface area contributed by atoms with Crippen LogP contribution in [0.4, 0.5) is 0 Å². The van der Waals surface area contributed by atoms with Crippen molar-refractivity contribution in [1.82, 2.24) is 15.3 Å². The van der Waals surface area contributed by atoms with E-state index in [0.717, 1.165) is 5.56 Å². The Balaban J connectivity index is 2.26. The Bertz CT molecular complexity index is 659. The number of benzene rings is 1. The predicted molar refractivity (Wildman–Crippen MR) is 80.4 cm³/mol. The molecule has 7 nitrogen and oxygen atoms in total. The maximum atomic E-state index is 11.9.